The Morgan fingerprint density at radius 2 is 1.96 bits per heavy atom. The first-order chi connectivity index (χ1) is 10.9. The van der Waals surface area contributed by atoms with Gasteiger partial charge in [-0.25, -0.2) is 9.59 Å². The molecule has 0 amide bonds. The van der Waals surface area contributed by atoms with E-state index in [0.717, 1.165) is 6.08 Å². The summed E-state index contributed by atoms with van der Waals surface area (Å²) in [6.07, 6.45) is -3.56. The molecule has 8 heteroatoms. The van der Waals surface area contributed by atoms with E-state index in [-0.39, 0.29) is 5.75 Å². The van der Waals surface area contributed by atoms with Crippen LogP contribution in [0.15, 0.2) is 30.3 Å². The van der Waals surface area contributed by atoms with Crippen molar-refractivity contribution in [3.05, 3.63) is 35.9 Å². The third-order valence-corrected chi connectivity index (χ3v) is 3.23. The fraction of sp³-hybridized carbons (Fsp3) is 0.333. The second-order valence-electron chi connectivity index (χ2n) is 4.96. The molecule has 1 aliphatic heterocycles. The van der Waals surface area contributed by atoms with Crippen molar-refractivity contribution in [2.24, 2.45) is 0 Å². The standard InChI is InChI=1S/C15H16O8/c16-9-4-1-8(2-5-9)3-6-11(18)22-7-10(17)14-12(19)13(20)15(21)23-14/h1-6,10,12-14,16-17,19-20H,7H2/t10-,12-,13-,14+/m0/s1. The Morgan fingerprint density at radius 1 is 1.30 bits per heavy atom. The summed E-state index contributed by atoms with van der Waals surface area (Å²) in [5.74, 6) is -1.70. The van der Waals surface area contributed by atoms with Gasteiger partial charge in [0.05, 0.1) is 0 Å². The largest absolute Gasteiger partial charge is 0.508 e. The molecule has 0 unspecified atom stereocenters. The van der Waals surface area contributed by atoms with E-state index in [0.29, 0.717) is 5.56 Å². The molecule has 0 aliphatic carbocycles. The maximum Gasteiger partial charge on any atom is 0.338 e. The van der Waals surface area contributed by atoms with Gasteiger partial charge in [-0.3, -0.25) is 0 Å². The normalized spacial score (nSPS) is 25.3. The third kappa shape index (κ3) is 4.28. The average molecular weight is 324 g/mol. The monoisotopic (exact) mass is 324 g/mol. The van der Waals surface area contributed by atoms with Crippen LogP contribution in [0.2, 0.25) is 0 Å². The molecule has 0 spiro atoms. The SMILES string of the molecule is O=C(C=Cc1ccc(O)cc1)OC[C@H](O)[C@H]1OC(=O)[C@@H](O)[C@@H]1O. The summed E-state index contributed by atoms with van der Waals surface area (Å²) in [5.41, 5.74) is 0.656. The van der Waals surface area contributed by atoms with E-state index >= 15 is 0 Å². The zero-order chi connectivity index (χ0) is 17.0. The van der Waals surface area contributed by atoms with E-state index in [4.69, 9.17) is 9.84 Å². The molecule has 1 aromatic rings. The number of hydrogen-bond donors (Lipinski definition) is 4. The number of aliphatic hydroxyl groups is 3. The van der Waals surface area contributed by atoms with Crippen molar-refractivity contribution in [2.75, 3.05) is 6.61 Å². The number of carbonyl (C=O) groups excluding carboxylic acids is 2. The molecule has 0 aromatic heterocycles. The van der Waals surface area contributed by atoms with E-state index in [1.165, 1.54) is 18.2 Å². The van der Waals surface area contributed by atoms with Crippen LogP contribution in [0.25, 0.3) is 6.08 Å². The Hall–Kier alpha value is -2.42. The van der Waals surface area contributed by atoms with Crippen molar-refractivity contribution in [3.63, 3.8) is 0 Å². The molecule has 1 aromatic carbocycles. The van der Waals surface area contributed by atoms with E-state index < -0.39 is 43.0 Å². The molecule has 23 heavy (non-hydrogen) atoms. The summed E-state index contributed by atoms with van der Waals surface area (Å²) in [6.45, 7) is -0.513. The molecule has 0 bridgehead atoms. The van der Waals surface area contributed by atoms with Crippen LogP contribution in [0.5, 0.6) is 5.75 Å². The Morgan fingerprint density at radius 3 is 2.52 bits per heavy atom. The lowest BCUT2D eigenvalue weighted by molar-refractivity contribution is -0.154. The van der Waals surface area contributed by atoms with Crippen molar-refractivity contribution < 1.29 is 39.5 Å². The first-order valence-corrected chi connectivity index (χ1v) is 6.77. The molecule has 8 nitrogen and oxygen atoms in total. The van der Waals surface area contributed by atoms with Gasteiger partial charge in [0.2, 0.25) is 0 Å². The predicted molar refractivity (Wildman–Crippen MR) is 76.0 cm³/mol. The number of aliphatic hydroxyl groups excluding tert-OH is 3. The third-order valence-electron chi connectivity index (χ3n) is 3.23. The fourth-order valence-electron chi connectivity index (χ4n) is 1.96. The van der Waals surface area contributed by atoms with Gasteiger partial charge in [0, 0.05) is 6.08 Å². The number of phenolic OH excluding ortho intramolecular Hbond substituents is 1. The summed E-state index contributed by atoms with van der Waals surface area (Å²) in [6, 6.07) is 6.08. The van der Waals surface area contributed by atoms with Crippen LogP contribution in [-0.2, 0) is 19.1 Å². The summed E-state index contributed by atoms with van der Waals surface area (Å²) >= 11 is 0. The van der Waals surface area contributed by atoms with Gasteiger partial charge in [-0.2, -0.15) is 0 Å². The summed E-state index contributed by atoms with van der Waals surface area (Å²) in [4.78, 5) is 22.6. The van der Waals surface area contributed by atoms with Gasteiger partial charge >= 0.3 is 11.9 Å². The first-order valence-electron chi connectivity index (χ1n) is 6.77. The van der Waals surface area contributed by atoms with Crippen LogP contribution in [-0.4, -0.2) is 63.4 Å². The number of phenols is 1. The molecule has 1 fully saturated rings. The highest BCUT2D eigenvalue weighted by atomic mass is 16.6. The second-order valence-corrected chi connectivity index (χ2v) is 4.96. The molecular formula is C15H16O8. The Kier molecular flexibility index (Phi) is 5.32. The number of benzene rings is 1. The number of ether oxygens (including phenoxy) is 2. The van der Waals surface area contributed by atoms with Crippen molar-refractivity contribution in [1.82, 2.24) is 0 Å². The molecule has 2 rings (SSSR count). The number of esters is 2. The fourth-order valence-corrected chi connectivity index (χ4v) is 1.96. The van der Waals surface area contributed by atoms with Crippen LogP contribution >= 0.6 is 0 Å². The lowest BCUT2D eigenvalue weighted by atomic mass is 10.1. The molecule has 0 saturated carbocycles. The molecule has 1 saturated heterocycles. The van der Waals surface area contributed by atoms with E-state index in [1.54, 1.807) is 12.1 Å². The molecule has 4 N–H and O–H groups in total. The van der Waals surface area contributed by atoms with Gasteiger partial charge < -0.3 is 29.9 Å². The quantitative estimate of drug-likeness (QED) is 0.398. The van der Waals surface area contributed by atoms with Crippen molar-refractivity contribution in [3.8, 4) is 5.75 Å². The van der Waals surface area contributed by atoms with Crippen LogP contribution in [0.3, 0.4) is 0 Å². The van der Waals surface area contributed by atoms with Crippen LogP contribution < -0.4 is 0 Å². The highest BCUT2D eigenvalue weighted by Gasteiger charge is 2.46. The highest BCUT2D eigenvalue weighted by molar-refractivity contribution is 5.87. The van der Waals surface area contributed by atoms with Crippen LogP contribution in [0.4, 0.5) is 0 Å². The minimum absolute atomic E-state index is 0.0969. The molecule has 4 atom stereocenters. The zero-order valence-corrected chi connectivity index (χ0v) is 11.9. The molecular weight excluding hydrogens is 308 g/mol. The minimum Gasteiger partial charge on any atom is -0.508 e. The minimum atomic E-state index is -1.72. The van der Waals surface area contributed by atoms with Gasteiger partial charge in [-0.1, -0.05) is 12.1 Å². The second kappa shape index (κ2) is 7.23. The number of carbonyl (C=O) groups is 2. The Bertz CT molecular complexity index is 594. The predicted octanol–water partition coefficient (Wildman–Crippen LogP) is -1.04. The molecule has 0 radical (unpaired) electrons. The number of hydrogen-bond acceptors (Lipinski definition) is 8. The van der Waals surface area contributed by atoms with Crippen LogP contribution in [0, 0.1) is 0 Å². The Labute approximate surface area is 131 Å². The van der Waals surface area contributed by atoms with Crippen molar-refractivity contribution in [2.45, 2.75) is 24.4 Å². The first kappa shape index (κ1) is 16.9. The zero-order valence-electron chi connectivity index (χ0n) is 11.9. The molecule has 1 heterocycles. The van der Waals surface area contributed by atoms with Gasteiger partial charge in [0.25, 0.3) is 0 Å². The smallest absolute Gasteiger partial charge is 0.338 e. The van der Waals surface area contributed by atoms with E-state index in [2.05, 4.69) is 4.74 Å². The van der Waals surface area contributed by atoms with Gasteiger partial charge in [0.1, 0.15) is 24.6 Å². The Balaban J connectivity index is 1.82. The highest BCUT2D eigenvalue weighted by Crippen LogP contribution is 2.19. The number of cyclic esters (lactones) is 1. The average Bonchev–Trinajstić information content (AvgIpc) is 2.79. The number of aromatic hydroxyl groups is 1. The molecule has 1 aliphatic rings. The lowest BCUT2D eigenvalue weighted by Gasteiger charge is -2.19. The summed E-state index contributed by atoms with van der Waals surface area (Å²) in [5, 5.41) is 37.6. The van der Waals surface area contributed by atoms with Gasteiger partial charge in [0.15, 0.2) is 12.2 Å². The van der Waals surface area contributed by atoms with E-state index in [1.807, 2.05) is 0 Å². The lowest BCUT2D eigenvalue weighted by Crippen LogP contribution is -2.41. The van der Waals surface area contributed by atoms with Gasteiger partial charge in [-0.15, -0.1) is 0 Å². The topological polar surface area (TPSA) is 134 Å². The molecule has 124 valence electrons. The van der Waals surface area contributed by atoms with E-state index in [9.17, 15) is 24.9 Å². The van der Waals surface area contributed by atoms with Crippen molar-refractivity contribution >= 4 is 18.0 Å². The maximum atomic E-state index is 11.5. The van der Waals surface area contributed by atoms with Gasteiger partial charge in [-0.05, 0) is 23.8 Å². The van der Waals surface area contributed by atoms with Crippen LogP contribution in [0.1, 0.15) is 5.56 Å². The summed E-state index contributed by atoms with van der Waals surface area (Å²) < 4.78 is 9.37. The maximum absolute atomic E-state index is 11.5. The summed E-state index contributed by atoms with van der Waals surface area (Å²) in [7, 11) is 0. The number of rotatable bonds is 5. The van der Waals surface area contributed by atoms with Crippen molar-refractivity contribution in [1.29, 1.82) is 0 Å².